The number of hydrogen-bond donors (Lipinski definition) is 3. The molecule has 0 saturated carbocycles. The fraction of sp³-hybridized carbons (Fsp3) is 0.455. The number of rotatable bonds is 6. The first kappa shape index (κ1) is 25.5. The van der Waals surface area contributed by atoms with Crippen LogP contribution in [0.5, 0.6) is 0 Å². The van der Waals surface area contributed by atoms with Crippen molar-refractivity contribution in [2.75, 3.05) is 18.4 Å². The molecule has 3 atom stereocenters. The zero-order chi connectivity index (χ0) is 25.3. The lowest BCUT2D eigenvalue weighted by atomic mass is 9.87. The Balaban J connectivity index is 1.88. The van der Waals surface area contributed by atoms with Gasteiger partial charge in [0.2, 0.25) is 0 Å². The third kappa shape index (κ3) is 5.66. The fourth-order valence-electron chi connectivity index (χ4n) is 4.09. The molecule has 0 spiro atoms. The molecule has 0 bridgehead atoms. The van der Waals surface area contributed by atoms with E-state index in [1.54, 1.807) is 19.9 Å². The molecule has 2 aromatic rings. The average Bonchev–Trinajstić information content (AvgIpc) is 2.76. The Labute approximate surface area is 193 Å². The number of carbonyl (C=O) groups excluding carboxylic acids is 1. The number of anilines is 1. The zero-order valence-electron chi connectivity index (χ0n) is 18.5. The molecule has 1 saturated heterocycles. The Morgan fingerprint density at radius 3 is 2.65 bits per heavy atom. The quantitative estimate of drug-likeness (QED) is 0.396. The van der Waals surface area contributed by atoms with E-state index in [4.69, 9.17) is 11.3 Å². The van der Waals surface area contributed by atoms with E-state index in [1.807, 2.05) is 0 Å². The Kier molecular flexibility index (Phi) is 7.20. The number of aromatic nitrogens is 1. The van der Waals surface area contributed by atoms with Gasteiger partial charge in [0.25, 0.3) is 11.8 Å². The van der Waals surface area contributed by atoms with Gasteiger partial charge in [0.15, 0.2) is 0 Å². The number of pyridine rings is 1. The van der Waals surface area contributed by atoms with E-state index in [2.05, 4.69) is 15.4 Å². The van der Waals surface area contributed by atoms with Crippen molar-refractivity contribution in [2.24, 2.45) is 16.8 Å². The predicted molar refractivity (Wildman–Crippen MR) is 115 cm³/mol. The number of alkyl halides is 5. The van der Waals surface area contributed by atoms with Gasteiger partial charge >= 0.3 is 6.18 Å². The lowest BCUT2D eigenvalue weighted by Crippen LogP contribution is -2.57. The standard InChI is InChI=1S/C22H25F5N6O/c1-12-3-5-15(19(28)32-29)16(7-12)20(34)33-11-21(23,24)8-13(2)17(33)10-31-18-6-4-14(9-30-18)22(25,26)27/h3-7,9,13,17,19,29H,8,10-11,28H2,1-2H3,(H,30,31). The molecule has 1 aliphatic rings. The lowest BCUT2D eigenvalue weighted by molar-refractivity contribution is -0.137. The molecule has 1 aromatic carbocycles. The van der Waals surface area contributed by atoms with Crippen molar-refractivity contribution in [3.63, 3.8) is 0 Å². The van der Waals surface area contributed by atoms with Gasteiger partial charge in [0, 0.05) is 30.3 Å². The van der Waals surface area contributed by atoms with E-state index in [1.165, 1.54) is 12.1 Å². The molecular weight excluding hydrogens is 459 g/mol. The first-order valence-corrected chi connectivity index (χ1v) is 10.5. The number of aryl methyl sites for hydroxylation is 1. The predicted octanol–water partition coefficient (Wildman–Crippen LogP) is 5.00. The number of amides is 1. The van der Waals surface area contributed by atoms with E-state index in [0.29, 0.717) is 11.8 Å². The van der Waals surface area contributed by atoms with Crippen molar-refractivity contribution in [2.45, 2.75) is 44.6 Å². The molecule has 1 fully saturated rings. The number of hydrogen-bond acceptors (Lipinski definition) is 6. The first-order valence-electron chi connectivity index (χ1n) is 10.5. The zero-order valence-corrected chi connectivity index (χ0v) is 18.5. The number of likely N-dealkylation sites (tertiary alicyclic amines) is 1. The van der Waals surface area contributed by atoms with Crippen LogP contribution in [0.2, 0.25) is 0 Å². The summed E-state index contributed by atoms with van der Waals surface area (Å²) in [5.41, 5.74) is 13.1. The van der Waals surface area contributed by atoms with Crippen LogP contribution in [0.25, 0.3) is 0 Å². The van der Waals surface area contributed by atoms with E-state index < -0.39 is 54.7 Å². The number of nitrogens with two attached hydrogens (primary N) is 1. The number of benzene rings is 1. The number of halogens is 5. The normalized spacial score (nSPS) is 21.1. The average molecular weight is 484 g/mol. The highest BCUT2D eigenvalue weighted by atomic mass is 19.4. The molecule has 1 aromatic heterocycles. The molecule has 2 heterocycles. The Morgan fingerprint density at radius 1 is 1.35 bits per heavy atom. The van der Waals surface area contributed by atoms with Crippen molar-refractivity contribution >= 4 is 11.7 Å². The highest BCUT2D eigenvalue weighted by Crippen LogP contribution is 2.36. The largest absolute Gasteiger partial charge is 0.417 e. The summed E-state index contributed by atoms with van der Waals surface area (Å²) in [7, 11) is 0. The van der Waals surface area contributed by atoms with E-state index in [-0.39, 0.29) is 23.5 Å². The Morgan fingerprint density at radius 2 is 2.06 bits per heavy atom. The minimum Gasteiger partial charge on any atom is -0.368 e. The monoisotopic (exact) mass is 484 g/mol. The van der Waals surface area contributed by atoms with Gasteiger partial charge in [-0.05, 0) is 31.0 Å². The third-order valence-corrected chi connectivity index (χ3v) is 5.82. The number of carbonyl (C=O) groups is 1. The lowest BCUT2D eigenvalue weighted by Gasteiger charge is -2.43. The van der Waals surface area contributed by atoms with E-state index >= 15 is 0 Å². The van der Waals surface area contributed by atoms with Crippen LogP contribution in [0.1, 0.15) is 46.6 Å². The smallest absolute Gasteiger partial charge is 0.368 e. The SMILES string of the molecule is Cc1ccc(C(N)N=N)c(C(=O)N2CC(F)(F)CC(C)C2CNc2ccc(C(F)(F)F)cn2)c1. The first-order chi connectivity index (χ1) is 15.8. The van der Waals surface area contributed by atoms with Gasteiger partial charge in [0.05, 0.1) is 18.2 Å². The molecule has 1 amide bonds. The van der Waals surface area contributed by atoms with Crippen LogP contribution >= 0.6 is 0 Å². The Bertz CT molecular complexity index is 1040. The van der Waals surface area contributed by atoms with Gasteiger partial charge in [-0.1, -0.05) is 24.6 Å². The fourth-order valence-corrected chi connectivity index (χ4v) is 4.09. The summed E-state index contributed by atoms with van der Waals surface area (Å²) in [6.07, 6.45) is -5.44. The van der Waals surface area contributed by atoms with Crippen molar-refractivity contribution in [3.8, 4) is 0 Å². The van der Waals surface area contributed by atoms with Gasteiger partial charge in [-0.25, -0.2) is 19.3 Å². The van der Waals surface area contributed by atoms with Gasteiger partial charge in [-0.3, -0.25) is 4.79 Å². The molecule has 34 heavy (non-hydrogen) atoms. The van der Waals surface area contributed by atoms with Gasteiger partial charge in [-0.15, -0.1) is 0 Å². The van der Waals surface area contributed by atoms with Crippen molar-refractivity contribution < 1.29 is 26.7 Å². The van der Waals surface area contributed by atoms with Gasteiger partial charge in [0.1, 0.15) is 12.0 Å². The maximum Gasteiger partial charge on any atom is 0.417 e. The van der Waals surface area contributed by atoms with Gasteiger partial charge in [-0.2, -0.15) is 18.3 Å². The number of nitrogens with zero attached hydrogens (tertiary/aromatic N) is 3. The molecule has 0 aliphatic carbocycles. The molecule has 1 aliphatic heterocycles. The number of piperidine rings is 1. The minimum absolute atomic E-state index is 0.00261. The number of nitrogens with one attached hydrogen (secondary N) is 2. The van der Waals surface area contributed by atoms with Crippen LogP contribution in [0, 0.1) is 18.4 Å². The molecule has 184 valence electrons. The van der Waals surface area contributed by atoms with Crippen LogP contribution < -0.4 is 11.1 Å². The molecule has 3 rings (SSSR count). The van der Waals surface area contributed by atoms with Crippen LogP contribution in [0.3, 0.4) is 0 Å². The van der Waals surface area contributed by atoms with E-state index in [0.717, 1.165) is 17.0 Å². The van der Waals surface area contributed by atoms with Crippen LogP contribution in [0.15, 0.2) is 41.6 Å². The highest BCUT2D eigenvalue weighted by Gasteiger charge is 2.46. The topological polar surface area (TPSA) is 107 Å². The third-order valence-electron chi connectivity index (χ3n) is 5.82. The minimum atomic E-state index is -4.53. The second-order valence-corrected chi connectivity index (χ2v) is 8.51. The molecule has 4 N–H and O–H groups in total. The maximum atomic E-state index is 14.5. The Hall–Kier alpha value is -3.15. The summed E-state index contributed by atoms with van der Waals surface area (Å²) in [4.78, 5) is 18.3. The summed E-state index contributed by atoms with van der Waals surface area (Å²) in [5, 5.41) is 6.10. The summed E-state index contributed by atoms with van der Waals surface area (Å²) < 4.78 is 67.2. The van der Waals surface area contributed by atoms with Crippen molar-refractivity contribution in [1.29, 1.82) is 5.53 Å². The maximum absolute atomic E-state index is 14.5. The van der Waals surface area contributed by atoms with Crippen molar-refractivity contribution in [1.82, 2.24) is 9.88 Å². The van der Waals surface area contributed by atoms with E-state index in [9.17, 15) is 26.7 Å². The summed E-state index contributed by atoms with van der Waals surface area (Å²) in [6, 6.07) is 6.04. The van der Waals surface area contributed by atoms with Crippen LogP contribution in [0.4, 0.5) is 27.8 Å². The van der Waals surface area contributed by atoms with Gasteiger partial charge < -0.3 is 16.0 Å². The van der Waals surface area contributed by atoms with Crippen LogP contribution in [-0.4, -0.2) is 40.8 Å². The molecule has 12 heteroatoms. The highest BCUT2D eigenvalue weighted by molar-refractivity contribution is 5.96. The molecular formula is C22H25F5N6O. The molecule has 0 radical (unpaired) electrons. The second kappa shape index (κ2) is 9.61. The second-order valence-electron chi connectivity index (χ2n) is 8.51. The van der Waals surface area contributed by atoms with Crippen molar-refractivity contribution in [3.05, 3.63) is 58.8 Å². The molecule has 7 nitrogen and oxygen atoms in total. The molecule has 3 unspecified atom stereocenters. The summed E-state index contributed by atoms with van der Waals surface area (Å²) >= 11 is 0. The summed E-state index contributed by atoms with van der Waals surface area (Å²) in [5.74, 6) is -4.31. The summed E-state index contributed by atoms with van der Waals surface area (Å²) in [6.45, 7) is 2.48. The van der Waals surface area contributed by atoms with Crippen LogP contribution in [-0.2, 0) is 6.18 Å².